The molecule has 0 unspecified atom stereocenters. The first-order chi connectivity index (χ1) is 8.78. The molecule has 0 radical (unpaired) electrons. The third-order valence-electron chi connectivity index (χ3n) is 2.92. The number of nitrogens with zero attached hydrogens (tertiary/aromatic N) is 1. The van der Waals surface area contributed by atoms with E-state index in [9.17, 15) is 22.8 Å². The van der Waals surface area contributed by atoms with E-state index < -0.39 is 31.3 Å². The molecule has 0 spiro atoms. The van der Waals surface area contributed by atoms with Crippen LogP contribution in [-0.2, 0) is 4.79 Å². The maximum absolute atomic E-state index is 12.3. The molecule has 0 aromatic heterocycles. The van der Waals surface area contributed by atoms with Gasteiger partial charge in [-0.05, 0) is 12.8 Å². The Morgan fingerprint density at radius 1 is 1.21 bits per heavy atom. The SMILES string of the molecule is O=C(O)CN(CC(F)(F)F)C(=O)NC1CCCCC1. The maximum Gasteiger partial charge on any atom is 0.406 e. The second kappa shape index (κ2) is 6.63. The molecule has 1 aliphatic carbocycles. The van der Waals surface area contributed by atoms with Crippen molar-refractivity contribution in [2.75, 3.05) is 13.1 Å². The Labute approximate surface area is 108 Å². The smallest absolute Gasteiger partial charge is 0.406 e. The van der Waals surface area contributed by atoms with Crippen molar-refractivity contribution in [2.45, 2.75) is 44.3 Å². The van der Waals surface area contributed by atoms with E-state index in [0.29, 0.717) is 0 Å². The van der Waals surface area contributed by atoms with Gasteiger partial charge in [-0.1, -0.05) is 19.3 Å². The second-order valence-corrected chi connectivity index (χ2v) is 4.65. The molecule has 0 saturated heterocycles. The van der Waals surface area contributed by atoms with Gasteiger partial charge in [-0.2, -0.15) is 13.2 Å². The fraction of sp³-hybridized carbons (Fsp3) is 0.818. The normalized spacial score (nSPS) is 17.0. The molecule has 1 saturated carbocycles. The minimum atomic E-state index is -4.61. The Hall–Kier alpha value is -1.47. The van der Waals surface area contributed by atoms with Crippen LogP contribution in [-0.4, -0.2) is 47.3 Å². The quantitative estimate of drug-likeness (QED) is 0.828. The van der Waals surface area contributed by atoms with Crippen molar-refractivity contribution in [3.63, 3.8) is 0 Å². The van der Waals surface area contributed by atoms with Gasteiger partial charge in [-0.15, -0.1) is 0 Å². The summed E-state index contributed by atoms with van der Waals surface area (Å²) in [5.41, 5.74) is 0. The van der Waals surface area contributed by atoms with Crippen molar-refractivity contribution in [3.8, 4) is 0 Å². The fourth-order valence-corrected chi connectivity index (χ4v) is 2.09. The molecule has 2 N–H and O–H groups in total. The Morgan fingerprint density at radius 2 is 1.79 bits per heavy atom. The fourth-order valence-electron chi connectivity index (χ4n) is 2.09. The van der Waals surface area contributed by atoms with Crippen LogP contribution in [0.2, 0.25) is 0 Å². The summed E-state index contributed by atoms with van der Waals surface area (Å²) in [4.78, 5) is 22.5. The number of amides is 2. The molecule has 2 amide bonds. The highest BCUT2D eigenvalue weighted by molar-refractivity contribution is 5.80. The van der Waals surface area contributed by atoms with Crippen LogP contribution in [0.5, 0.6) is 0 Å². The van der Waals surface area contributed by atoms with E-state index >= 15 is 0 Å². The van der Waals surface area contributed by atoms with Gasteiger partial charge in [0.25, 0.3) is 0 Å². The monoisotopic (exact) mass is 282 g/mol. The van der Waals surface area contributed by atoms with Gasteiger partial charge >= 0.3 is 18.2 Å². The van der Waals surface area contributed by atoms with Crippen LogP contribution in [0.3, 0.4) is 0 Å². The van der Waals surface area contributed by atoms with Gasteiger partial charge in [0.1, 0.15) is 13.1 Å². The first-order valence-corrected chi connectivity index (χ1v) is 6.12. The molecule has 19 heavy (non-hydrogen) atoms. The molecule has 110 valence electrons. The third-order valence-corrected chi connectivity index (χ3v) is 2.92. The van der Waals surface area contributed by atoms with E-state index in [-0.39, 0.29) is 10.9 Å². The van der Waals surface area contributed by atoms with Crippen LogP contribution in [0.1, 0.15) is 32.1 Å². The predicted molar refractivity (Wildman–Crippen MR) is 60.7 cm³/mol. The Kier molecular flexibility index (Phi) is 5.44. The zero-order valence-corrected chi connectivity index (χ0v) is 10.4. The number of hydrogen-bond donors (Lipinski definition) is 2. The van der Waals surface area contributed by atoms with Crippen LogP contribution in [0.15, 0.2) is 0 Å². The minimum Gasteiger partial charge on any atom is -0.480 e. The lowest BCUT2D eigenvalue weighted by molar-refractivity contribution is -0.149. The van der Waals surface area contributed by atoms with E-state index in [2.05, 4.69) is 5.32 Å². The number of carbonyl (C=O) groups is 2. The Morgan fingerprint density at radius 3 is 2.26 bits per heavy atom. The number of hydrogen-bond acceptors (Lipinski definition) is 2. The number of nitrogens with one attached hydrogen (secondary N) is 1. The predicted octanol–water partition coefficient (Wildman–Crippen LogP) is 1.98. The maximum atomic E-state index is 12.3. The molecule has 1 aliphatic rings. The van der Waals surface area contributed by atoms with Gasteiger partial charge in [0, 0.05) is 6.04 Å². The van der Waals surface area contributed by atoms with Crippen molar-refractivity contribution in [2.24, 2.45) is 0 Å². The molecule has 0 aromatic carbocycles. The summed E-state index contributed by atoms with van der Waals surface area (Å²) in [6.45, 7) is -2.52. The van der Waals surface area contributed by atoms with E-state index in [1.165, 1.54) is 0 Å². The lowest BCUT2D eigenvalue weighted by atomic mass is 9.96. The Bertz CT molecular complexity index is 328. The molecule has 0 bridgehead atoms. The van der Waals surface area contributed by atoms with Crippen LogP contribution in [0, 0.1) is 0 Å². The van der Waals surface area contributed by atoms with Crippen molar-refractivity contribution in [1.29, 1.82) is 0 Å². The number of halogens is 3. The number of carbonyl (C=O) groups excluding carboxylic acids is 1. The van der Waals surface area contributed by atoms with Crippen molar-refractivity contribution < 1.29 is 27.9 Å². The number of aliphatic carboxylic acids is 1. The van der Waals surface area contributed by atoms with Gasteiger partial charge < -0.3 is 15.3 Å². The molecule has 1 rings (SSSR count). The lowest BCUT2D eigenvalue weighted by Crippen LogP contribution is -2.50. The standard InChI is InChI=1S/C11H17F3N2O3/c12-11(13,14)7-16(6-9(17)18)10(19)15-8-4-2-1-3-5-8/h8H,1-7H2,(H,15,19)(H,17,18). The average Bonchev–Trinajstić information content (AvgIpc) is 2.27. The van der Waals surface area contributed by atoms with Crippen molar-refractivity contribution in [1.82, 2.24) is 10.2 Å². The topological polar surface area (TPSA) is 69.6 Å². The molecular weight excluding hydrogens is 265 g/mol. The summed E-state index contributed by atoms with van der Waals surface area (Å²) in [6.07, 6.45) is -0.281. The van der Waals surface area contributed by atoms with E-state index in [4.69, 9.17) is 5.11 Å². The van der Waals surface area contributed by atoms with Crippen molar-refractivity contribution >= 4 is 12.0 Å². The molecule has 0 atom stereocenters. The summed E-state index contributed by atoms with van der Waals surface area (Å²) in [6, 6.07) is -1.13. The summed E-state index contributed by atoms with van der Waals surface area (Å²) in [5, 5.41) is 11.0. The number of carboxylic acid groups (broad SMARTS) is 1. The molecule has 0 aliphatic heterocycles. The van der Waals surface area contributed by atoms with Crippen LogP contribution in [0.25, 0.3) is 0 Å². The largest absolute Gasteiger partial charge is 0.480 e. The highest BCUT2D eigenvalue weighted by Crippen LogP contribution is 2.19. The van der Waals surface area contributed by atoms with Crippen LogP contribution in [0.4, 0.5) is 18.0 Å². The molecule has 0 aromatic rings. The molecule has 1 fully saturated rings. The summed E-state index contributed by atoms with van der Waals surface area (Å²) in [7, 11) is 0. The van der Waals surface area contributed by atoms with Crippen LogP contribution < -0.4 is 5.32 Å². The highest BCUT2D eigenvalue weighted by atomic mass is 19.4. The van der Waals surface area contributed by atoms with E-state index in [1.807, 2.05) is 0 Å². The average molecular weight is 282 g/mol. The summed E-state index contributed by atoms with van der Waals surface area (Å²) >= 11 is 0. The second-order valence-electron chi connectivity index (χ2n) is 4.65. The van der Waals surface area contributed by atoms with Gasteiger partial charge in [-0.3, -0.25) is 4.79 Å². The van der Waals surface area contributed by atoms with Crippen LogP contribution >= 0.6 is 0 Å². The van der Waals surface area contributed by atoms with Gasteiger partial charge in [0.15, 0.2) is 0 Å². The molecular formula is C11H17F3N2O3. The molecule has 8 heteroatoms. The highest BCUT2D eigenvalue weighted by Gasteiger charge is 2.34. The summed E-state index contributed by atoms with van der Waals surface area (Å²) < 4.78 is 36.8. The minimum absolute atomic E-state index is 0.161. The number of urea groups is 1. The third kappa shape index (κ3) is 6.30. The van der Waals surface area contributed by atoms with E-state index in [0.717, 1.165) is 32.1 Å². The molecule has 5 nitrogen and oxygen atoms in total. The van der Waals surface area contributed by atoms with Gasteiger partial charge in [0.05, 0.1) is 0 Å². The zero-order chi connectivity index (χ0) is 14.5. The Balaban J connectivity index is 2.56. The zero-order valence-electron chi connectivity index (χ0n) is 10.4. The number of carboxylic acids is 1. The number of rotatable bonds is 4. The van der Waals surface area contributed by atoms with Gasteiger partial charge in [0.2, 0.25) is 0 Å². The summed E-state index contributed by atoms with van der Waals surface area (Å²) in [5.74, 6) is -1.47. The molecule has 0 heterocycles. The first-order valence-electron chi connectivity index (χ1n) is 6.12. The van der Waals surface area contributed by atoms with E-state index in [1.54, 1.807) is 0 Å². The van der Waals surface area contributed by atoms with Crippen molar-refractivity contribution in [3.05, 3.63) is 0 Å². The van der Waals surface area contributed by atoms with Gasteiger partial charge in [-0.25, -0.2) is 4.79 Å². The number of alkyl halides is 3. The lowest BCUT2D eigenvalue weighted by Gasteiger charge is -2.28. The first kappa shape index (κ1) is 15.6.